The molecule has 8 heteroatoms. The molecule has 0 aromatic heterocycles. The second-order valence-corrected chi connectivity index (χ2v) is 8.09. The summed E-state index contributed by atoms with van der Waals surface area (Å²) in [6.07, 6.45) is 2.64. The van der Waals surface area contributed by atoms with Crippen molar-refractivity contribution in [1.82, 2.24) is 0 Å². The summed E-state index contributed by atoms with van der Waals surface area (Å²) in [6, 6.07) is 11.6. The summed E-state index contributed by atoms with van der Waals surface area (Å²) in [4.78, 5) is 12.1. The van der Waals surface area contributed by atoms with Crippen LogP contribution in [-0.2, 0) is 19.6 Å². The lowest BCUT2D eigenvalue weighted by molar-refractivity contribution is -0.131. The summed E-state index contributed by atoms with van der Waals surface area (Å²) < 4.78 is 30.8. The summed E-state index contributed by atoms with van der Waals surface area (Å²) in [6.45, 7) is 0. The zero-order valence-electron chi connectivity index (χ0n) is 13.5. The van der Waals surface area contributed by atoms with Crippen molar-refractivity contribution in [3.63, 3.8) is 0 Å². The molecule has 0 saturated heterocycles. The molecule has 0 unspecified atom stereocenters. The topological polar surface area (TPSA) is 63.7 Å². The van der Waals surface area contributed by atoms with Crippen LogP contribution in [0.15, 0.2) is 53.9 Å². The fourth-order valence-corrected chi connectivity index (χ4v) is 3.90. The minimum atomic E-state index is -3.71. The first-order chi connectivity index (χ1) is 12.3. The molecule has 1 heterocycles. The largest absolute Gasteiger partial charge is 0.422 e. The third-order valence-corrected chi connectivity index (χ3v) is 5.75. The van der Waals surface area contributed by atoms with Crippen molar-refractivity contribution in [2.75, 3.05) is 11.4 Å². The van der Waals surface area contributed by atoms with Gasteiger partial charge in [0.2, 0.25) is 0 Å². The molecule has 0 bridgehead atoms. The third kappa shape index (κ3) is 3.77. The Morgan fingerprint density at radius 1 is 1.15 bits per heavy atom. The lowest BCUT2D eigenvalue weighted by Crippen LogP contribution is -2.28. The quantitative estimate of drug-likeness (QED) is 0.558. The molecule has 0 amide bonds. The number of nitrogens with zero attached hydrogens (tertiary/aromatic N) is 1. The fraction of sp³-hybridized carbons (Fsp3) is 0.0556. The zero-order valence-corrected chi connectivity index (χ0v) is 15.8. The van der Waals surface area contributed by atoms with Gasteiger partial charge in [0.15, 0.2) is 5.76 Å². The normalized spacial score (nSPS) is 15.5. The van der Waals surface area contributed by atoms with Crippen LogP contribution in [0.4, 0.5) is 5.69 Å². The molecule has 1 aliphatic rings. The molecule has 5 nitrogen and oxygen atoms in total. The van der Waals surface area contributed by atoms with Crippen molar-refractivity contribution < 1.29 is 17.9 Å². The highest BCUT2D eigenvalue weighted by Crippen LogP contribution is 2.34. The van der Waals surface area contributed by atoms with Crippen molar-refractivity contribution in [3.05, 3.63) is 75.1 Å². The number of esters is 1. The smallest absolute Gasteiger partial charge is 0.336 e. The van der Waals surface area contributed by atoms with E-state index < -0.39 is 16.0 Å². The molecule has 0 atom stereocenters. The Balaban J connectivity index is 1.86. The third-order valence-electron chi connectivity index (χ3n) is 3.72. The standard InChI is InChI=1S/C18H13Cl2NO4S/c1-21-16-5-3-2-4-14(16)17(11-26(21,23)24)25-18(22)9-7-12-6-8-13(19)10-15(12)20/h2-11H,1H3/b9-7+. The monoisotopic (exact) mass is 409 g/mol. The molecular formula is C18H13Cl2NO4S. The van der Waals surface area contributed by atoms with Gasteiger partial charge in [0.1, 0.15) is 0 Å². The van der Waals surface area contributed by atoms with E-state index in [1.54, 1.807) is 42.5 Å². The van der Waals surface area contributed by atoms with Crippen LogP contribution in [0.1, 0.15) is 11.1 Å². The van der Waals surface area contributed by atoms with Crippen molar-refractivity contribution in [2.24, 2.45) is 0 Å². The summed E-state index contributed by atoms with van der Waals surface area (Å²) >= 11 is 11.9. The lowest BCUT2D eigenvalue weighted by atomic mass is 10.1. The molecule has 3 rings (SSSR count). The number of anilines is 1. The first-order valence-electron chi connectivity index (χ1n) is 7.43. The van der Waals surface area contributed by atoms with Gasteiger partial charge in [0, 0.05) is 28.7 Å². The second-order valence-electron chi connectivity index (χ2n) is 5.43. The van der Waals surface area contributed by atoms with Crippen LogP contribution in [0.3, 0.4) is 0 Å². The first-order valence-corrected chi connectivity index (χ1v) is 9.69. The number of ether oxygens (including phenoxy) is 1. The van der Waals surface area contributed by atoms with Gasteiger partial charge in [-0.3, -0.25) is 4.31 Å². The number of hydrogen-bond donors (Lipinski definition) is 0. The van der Waals surface area contributed by atoms with Crippen molar-refractivity contribution in [1.29, 1.82) is 0 Å². The van der Waals surface area contributed by atoms with Crippen molar-refractivity contribution >= 4 is 56.7 Å². The van der Waals surface area contributed by atoms with Crippen molar-refractivity contribution in [3.8, 4) is 0 Å². The molecule has 1 aliphatic heterocycles. The Labute approximate surface area is 161 Å². The highest BCUT2D eigenvalue weighted by molar-refractivity contribution is 7.95. The first kappa shape index (κ1) is 18.5. The summed E-state index contributed by atoms with van der Waals surface area (Å²) in [5, 5.41) is 1.79. The number of carbonyl (C=O) groups is 1. The number of sulfonamides is 1. The van der Waals surface area contributed by atoms with Gasteiger partial charge in [-0.25, -0.2) is 13.2 Å². The Hall–Kier alpha value is -2.28. The predicted octanol–water partition coefficient (Wildman–Crippen LogP) is 4.33. The van der Waals surface area contributed by atoms with Gasteiger partial charge in [-0.2, -0.15) is 0 Å². The van der Waals surface area contributed by atoms with Gasteiger partial charge in [0.25, 0.3) is 10.0 Å². The minimum absolute atomic E-state index is 0.0319. The highest BCUT2D eigenvalue weighted by atomic mass is 35.5. The molecule has 0 fully saturated rings. The van der Waals surface area contributed by atoms with Gasteiger partial charge in [-0.05, 0) is 35.9 Å². The Morgan fingerprint density at radius 3 is 2.62 bits per heavy atom. The Kier molecular flexibility index (Phi) is 5.09. The predicted molar refractivity (Wildman–Crippen MR) is 103 cm³/mol. The maximum Gasteiger partial charge on any atom is 0.336 e. The Bertz CT molecular complexity index is 1040. The average Bonchev–Trinajstić information content (AvgIpc) is 2.58. The van der Waals surface area contributed by atoms with E-state index in [9.17, 15) is 13.2 Å². The van der Waals surface area contributed by atoms with E-state index >= 15 is 0 Å². The van der Waals surface area contributed by atoms with Crippen LogP contribution < -0.4 is 4.31 Å². The molecule has 0 aliphatic carbocycles. The highest BCUT2D eigenvalue weighted by Gasteiger charge is 2.28. The lowest BCUT2D eigenvalue weighted by Gasteiger charge is -2.25. The summed E-state index contributed by atoms with van der Waals surface area (Å²) in [5.74, 6) is -0.757. The number of hydrogen-bond acceptors (Lipinski definition) is 4. The maximum absolute atomic E-state index is 12.2. The van der Waals surface area contributed by atoms with E-state index in [0.717, 1.165) is 9.71 Å². The van der Waals surface area contributed by atoms with Gasteiger partial charge < -0.3 is 4.74 Å². The molecule has 26 heavy (non-hydrogen) atoms. The molecule has 0 N–H and O–H groups in total. The zero-order chi connectivity index (χ0) is 18.9. The van der Waals surface area contributed by atoms with Crippen LogP contribution in [0.25, 0.3) is 11.8 Å². The molecule has 0 saturated carbocycles. The molecule has 2 aromatic rings. The second kappa shape index (κ2) is 7.15. The van der Waals surface area contributed by atoms with Crippen LogP contribution in [0.5, 0.6) is 0 Å². The number of benzene rings is 2. The number of halogens is 2. The maximum atomic E-state index is 12.2. The van der Waals surface area contributed by atoms with Gasteiger partial charge in [-0.1, -0.05) is 41.4 Å². The molecular weight excluding hydrogens is 397 g/mol. The van der Waals surface area contributed by atoms with E-state index in [-0.39, 0.29) is 5.76 Å². The van der Waals surface area contributed by atoms with E-state index in [0.29, 0.717) is 26.9 Å². The van der Waals surface area contributed by atoms with Crippen LogP contribution >= 0.6 is 23.2 Å². The number of rotatable bonds is 3. The number of para-hydroxylation sites is 1. The molecule has 0 spiro atoms. The summed E-state index contributed by atoms with van der Waals surface area (Å²) in [7, 11) is -2.28. The Morgan fingerprint density at radius 2 is 1.88 bits per heavy atom. The van der Waals surface area contributed by atoms with Crippen LogP contribution in [0.2, 0.25) is 10.0 Å². The fourth-order valence-electron chi connectivity index (χ4n) is 2.39. The van der Waals surface area contributed by atoms with Crippen LogP contribution in [0, 0.1) is 0 Å². The van der Waals surface area contributed by atoms with E-state index in [2.05, 4.69) is 0 Å². The van der Waals surface area contributed by atoms with Gasteiger partial charge >= 0.3 is 5.97 Å². The van der Waals surface area contributed by atoms with E-state index in [1.165, 1.54) is 19.2 Å². The van der Waals surface area contributed by atoms with E-state index in [4.69, 9.17) is 27.9 Å². The SMILES string of the molecule is CN1c2ccccc2C(OC(=O)/C=C/c2ccc(Cl)cc2Cl)=CS1(=O)=O. The van der Waals surface area contributed by atoms with Crippen molar-refractivity contribution in [2.45, 2.75) is 0 Å². The number of fused-ring (bicyclic) bond motifs is 1. The van der Waals surface area contributed by atoms with Gasteiger partial charge in [0.05, 0.1) is 11.1 Å². The average molecular weight is 410 g/mol. The molecule has 2 aromatic carbocycles. The number of carbonyl (C=O) groups excluding carboxylic acids is 1. The van der Waals surface area contributed by atoms with Gasteiger partial charge in [-0.15, -0.1) is 0 Å². The summed E-state index contributed by atoms with van der Waals surface area (Å²) in [5.41, 5.74) is 1.53. The molecule has 0 radical (unpaired) electrons. The molecule has 134 valence electrons. The van der Waals surface area contributed by atoms with Crippen LogP contribution in [-0.4, -0.2) is 21.4 Å². The van der Waals surface area contributed by atoms with E-state index in [1.807, 2.05) is 0 Å². The minimum Gasteiger partial charge on any atom is -0.422 e.